The third-order valence-electron chi connectivity index (χ3n) is 0.997. The number of halogens is 1. The van der Waals surface area contributed by atoms with Gasteiger partial charge in [0.05, 0.1) is 0 Å². The van der Waals surface area contributed by atoms with E-state index < -0.39 is 5.97 Å². The molecule has 0 saturated carbocycles. The first-order chi connectivity index (χ1) is 5.66. The Morgan fingerprint density at radius 2 is 1.83 bits per heavy atom. The number of carboxylic acids is 1. The molecule has 2 nitrogen and oxygen atoms in total. The van der Waals surface area contributed by atoms with E-state index in [1.54, 1.807) is 0 Å². The molecule has 66 valence electrons. The molecule has 12 heavy (non-hydrogen) atoms. The molecule has 0 radical (unpaired) electrons. The molecule has 0 aliphatic heterocycles. The molecule has 0 aliphatic rings. The molecule has 0 bridgehead atoms. The Balaban J connectivity index is 0.000000261. The van der Waals surface area contributed by atoms with Crippen molar-refractivity contribution in [2.75, 3.05) is 0 Å². The zero-order chi connectivity index (χ0) is 9.40. The lowest BCUT2D eigenvalue weighted by molar-refractivity contribution is -0.134. The summed E-state index contributed by atoms with van der Waals surface area (Å²) in [6.07, 6.45) is 0. The SMILES string of the molecule is BrCc1ccccc1.CC(=O)O. The lowest BCUT2D eigenvalue weighted by Gasteiger charge is -1.88. The zero-order valence-electron chi connectivity index (χ0n) is 6.83. The normalized spacial score (nSPS) is 8.17. The van der Waals surface area contributed by atoms with Crippen LogP contribution in [0.3, 0.4) is 0 Å². The fourth-order valence-corrected chi connectivity index (χ4v) is 0.941. The van der Waals surface area contributed by atoms with Crippen molar-refractivity contribution in [2.24, 2.45) is 0 Å². The van der Waals surface area contributed by atoms with Gasteiger partial charge in [-0.1, -0.05) is 46.3 Å². The first-order valence-electron chi connectivity index (χ1n) is 3.46. The van der Waals surface area contributed by atoms with Gasteiger partial charge in [0.2, 0.25) is 0 Å². The third-order valence-corrected chi connectivity index (χ3v) is 1.64. The van der Waals surface area contributed by atoms with Crippen molar-refractivity contribution in [3.8, 4) is 0 Å². The molecule has 0 amide bonds. The summed E-state index contributed by atoms with van der Waals surface area (Å²) >= 11 is 3.36. The minimum absolute atomic E-state index is 0.833. The van der Waals surface area contributed by atoms with E-state index in [2.05, 4.69) is 28.1 Å². The van der Waals surface area contributed by atoms with E-state index in [0.29, 0.717) is 0 Å². The zero-order valence-corrected chi connectivity index (χ0v) is 8.41. The van der Waals surface area contributed by atoms with Crippen molar-refractivity contribution in [3.05, 3.63) is 35.9 Å². The quantitative estimate of drug-likeness (QED) is 0.754. The molecule has 0 saturated heterocycles. The number of rotatable bonds is 1. The molecule has 0 atom stereocenters. The summed E-state index contributed by atoms with van der Waals surface area (Å²) in [6.45, 7) is 1.08. The van der Waals surface area contributed by atoms with E-state index in [-0.39, 0.29) is 0 Å². The molecule has 0 aliphatic carbocycles. The van der Waals surface area contributed by atoms with Crippen LogP contribution < -0.4 is 0 Å². The standard InChI is InChI=1S/C7H7Br.C2H4O2/c8-6-7-4-2-1-3-5-7;1-2(3)4/h1-5H,6H2;1H3,(H,3,4). The van der Waals surface area contributed by atoms with Crippen LogP contribution in [0.15, 0.2) is 30.3 Å². The second-order valence-electron chi connectivity index (χ2n) is 2.14. The number of carbonyl (C=O) groups is 1. The van der Waals surface area contributed by atoms with Gasteiger partial charge in [0.15, 0.2) is 0 Å². The third kappa shape index (κ3) is 7.28. The smallest absolute Gasteiger partial charge is 0.300 e. The second-order valence-corrected chi connectivity index (χ2v) is 2.70. The average molecular weight is 231 g/mol. The van der Waals surface area contributed by atoms with Crippen LogP contribution in [0.1, 0.15) is 12.5 Å². The van der Waals surface area contributed by atoms with Gasteiger partial charge >= 0.3 is 0 Å². The molecule has 1 aromatic carbocycles. The summed E-state index contributed by atoms with van der Waals surface area (Å²) in [6, 6.07) is 10.3. The monoisotopic (exact) mass is 230 g/mol. The van der Waals surface area contributed by atoms with E-state index in [1.165, 1.54) is 5.56 Å². The molecular formula is C9H11BrO2. The molecule has 0 aromatic heterocycles. The van der Waals surface area contributed by atoms with Crippen LogP contribution in [0, 0.1) is 0 Å². The highest BCUT2D eigenvalue weighted by atomic mass is 79.9. The molecule has 1 aromatic rings. The maximum Gasteiger partial charge on any atom is 0.300 e. The van der Waals surface area contributed by atoms with Crippen LogP contribution in [-0.4, -0.2) is 11.1 Å². The highest BCUT2D eigenvalue weighted by Crippen LogP contribution is 2.02. The van der Waals surface area contributed by atoms with Crippen molar-refractivity contribution in [3.63, 3.8) is 0 Å². The predicted octanol–water partition coefficient (Wildman–Crippen LogP) is 2.67. The van der Waals surface area contributed by atoms with Gasteiger partial charge in [-0.15, -0.1) is 0 Å². The number of hydrogen-bond acceptors (Lipinski definition) is 1. The summed E-state index contributed by atoms with van der Waals surface area (Å²) in [5.41, 5.74) is 1.33. The molecule has 0 unspecified atom stereocenters. The van der Waals surface area contributed by atoms with Crippen LogP contribution in [-0.2, 0) is 10.1 Å². The average Bonchev–Trinajstić information content (AvgIpc) is 2.05. The van der Waals surface area contributed by atoms with Gasteiger partial charge in [0, 0.05) is 12.3 Å². The first-order valence-corrected chi connectivity index (χ1v) is 4.58. The molecule has 0 spiro atoms. The molecule has 3 heteroatoms. The molecule has 1 rings (SSSR count). The van der Waals surface area contributed by atoms with Crippen LogP contribution >= 0.6 is 15.9 Å². The maximum atomic E-state index is 9.00. The van der Waals surface area contributed by atoms with Crippen molar-refractivity contribution in [2.45, 2.75) is 12.3 Å². The second kappa shape index (κ2) is 6.85. The van der Waals surface area contributed by atoms with E-state index in [4.69, 9.17) is 9.90 Å². The van der Waals surface area contributed by atoms with Gasteiger partial charge in [0.25, 0.3) is 5.97 Å². The van der Waals surface area contributed by atoms with Gasteiger partial charge in [-0.25, -0.2) is 0 Å². The van der Waals surface area contributed by atoms with Crippen molar-refractivity contribution >= 4 is 21.9 Å². The Kier molecular flexibility index (Phi) is 6.38. The minimum atomic E-state index is -0.833. The Bertz CT molecular complexity index is 217. The lowest BCUT2D eigenvalue weighted by atomic mass is 10.2. The summed E-state index contributed by atoms with van der Waals surface area (Å²) in [7, 11) is 0. The first kappa shape index (κ1) is 11.2. The van der Waals surface area contributed by atoms with Crippen molar-refractivity contribution in [1.82, 2.24) is 0 Å². The Morgan fingerprint density at radius 3 is 2.08 bits per heavy atom. The summed E-state index contributed by atoms with van der Waals surface area (Å²) < 4.78 is 0. The number of benzene rings is 1. The Hall–Kier alpha value is -0.830. The molecule has 0 heterocycles. The lowest BCUT2D eigenvalue weighted by Crippen LogP contribution is -1.78. The Morgan fingerprint density at radius 1 is 1.42 bits per heavy atom. The fourth-order valence-electron chi connectivity index (χ4n) is 0.567. The van der Waals surface area contributed by atoms with Gasteiger partial charge in [-0.2, -0.15) is 0 Å². The van der Waals surface area contributed by atoms with Crippen LogP contribution in [0.2, 0.25) is 0 Å². The number of aliphatic carboxylic acids is 1. The summed E-state index contributed by atoms with van der Waals surface area (Å²) in [5, 5.41) is 8.37. The topological polar surface area (TPSA) is 37.3 Å². The predicted molar refractivity (Wildman–Crippen MR) is 52.4 cm³/mol. The maximum absolute atomic E-state index is 9.00. The van der Waals surface area contributed by atoms with E-state index >= 15 is 0 Å². The van der Waals surface area contributed by atoms with Gasteiger partial charge in [-0.05, 0) is 5.56 Å². The summed E-state index contributed by atoms with van der Waals surface area (Å²) in [4.78, 5) is 9.00. The van der Waals surface area contributed by atoms with Crippen molar-refractivity contribution in [1.29, 1.82) is 0 Å². The minimum Gasteiger partial charge on any atom is -0.481 e. The van der Waals surface area contributed by atoms with Gasteiger partial charge in [-0.3, -0.25) is 4.79 Å². The van der Waals surface area contributed by atoms with Gasteiger partial charge in [0.1, 0.15) is 0 Å². The largest absolute Gasteiger partial charge is 0.481 e. The Labute approximate surface area is 80.4 Å². The number of hydrogen-bond donors (Lipinski definition) is 1. The fraction of sp³-hybridized carbons (Fsp3) is 0.222. The summed E-state index contributed by atoms with van der Waals surface area (Å²) in [5.74, 6) is -0.833. The van der Waals surface area contributed by atoms with Gasteiger partial charge < -0.3 is 5.11 Å². The highest BCUT2D eigenvalue weighted by molar-refractivity contribution is 9.08. The molecular weight excluding hydrogens is 220 g/mol. The number of carboxylic acid groups (broad SMARTS) is 1. The van der Waals surface area contributed by atoms with Crippen molar-refractivity contribution < 1.29 is 9.90 Å². The van der Waals surface area contributed by atoms with Crippen LogP contribution in [0.5, 0.6) is 0 Å². The van der Waals surface area contributed by atoms with Crippen LogP contribution in [0.4, 0.5) is 0 Å². The molecule has 0 fully saturated rings. The van der Waals surface area contributed by atoms with E-state index in [0.717, 1.165) is 12.3 Å². The van der Waals surface area contributed by atoms with E-state index in [1.807, 2.05) is 18.2 Å². The van der Waals surface area contributed by atoms with Crippen LogP contribution in [0.25, 0.3) is 0 Å². The highest BCUT2D eigenvalue weighted by Gasteiger charge is 1.81. The molecule has 1 N–H and O–H groups in total. The van der Waals surface area contributed by atoms with E-state index in [9.17, 15) is 0 Å². The number of alkyl halides is 1.